The van der Waals surface area contributed by atoms with Crippen molar-refractivity contribution in [2.45, 2.75) is 102 Å². The molecule has 0 radical (unpaired) electrons. The van der Waals surface area contributed by atoms with E-state index in [1.54, 1.807) is 0 Å². The number of hydrogen-bond acceptors (Lipinski definition) is 6. The first-order chi connectivity index (χ1) is 27.6. The lowest BCUT2D eigenvalue weighted by Gasteiger charge is -2.27. The van der Waals surface area contributed by atoms with Crippen LogP contribution in [0.25, 0.3) is 21.7 Å². The second kappa shape index (κ2) is 21.5. The number of nitrogens with one attached hydrogen (secondary N) is 5. The number of aromatic amines is 1. The average molecular weight is 773 g/mol. The molecular formula is C46H56N6O5. The van der Waals surface area contributed by atoms with Crippen molar-refractivity contribution in [2.24, 2.45) is 5.73 Å². The van der Waals surface area contributed by atoms with Gasteiger partial charge >= 0.3 is 0 Å². The number of ketones is 1. The molecule has 4 amide bonds. The van der Waals surface area contributed by atoms with Crippen LogP contribution in [-0.2, 0) is 43.2 Å². The van der Waals surface area contributed by atoms with E-state index in [2.05, 4.69) is 33.2 Å². The van der Waals surface area contributed by atoms with Gasteiger partial charge in [-0.3, -0.25) is 24.0 Å². The minimum Gasteiger partial charge on any atom is -0.361 e. The van der Waals surface area contributed by atoms with Crippen LogP contribution < -0.4 is 27.0 Å². The Morgan fingerprint density at radius 2 is 1.23 bits per heavy atom. The Morgan fingerprint density at radius 1 is 0.614 bits per heavy atom. The van der Waals surface area contributed by atoms with Gasteiger partial charge in [-0.25, -0.2) is 0 Å². The molecule has 5 rings (SSSR count). The maximum atomic E-state index is 14.5. The molecule has 0 spiro atoms. The highest BCUT2D eigenvalue weighted by Crippen LogP contribution is 2.21. The van der Waals surface area contributed by atoms with Gasteiger partial charge < -0.3 is 32.0 Å². The van der Waals surface area contributed by atoms with Crippen LogP contribution in [0.3, 0.4) is 0 Å². The van der Waals surface area contributed by atoms with Crippen molar-refractivity contribution in [2.75, 3.05) is 6.54 Å². The third-order valence-corrected chi connectivity index (χ3v) is 10.3. The summed E-state index contributed by atoms with van der Waals surface area (Å²) in [7, 11) is 0. The number of unbranched alkanes of at least 4 members (excludes halogenated alkanes) is 3. The Morgan fingerprint density at radius 3 is 1.93 bits per heavy atom. The van der Waals surface area contributed by atoms with E-state index in [4.69, 9.17) is 5.73 Å². The van der Waals surface area contributed by atoms with Crippen LogP contribution >= 0.6 is 0 Å². The molecule has 11 heteroatoms. The Balaban J connectivity index is 1.44. The fourth-order valence-electron chi connectivity index (χ4n) is 7.09. The fourth-order valence-corrected chi connectivity index (χ4v) is 7.09. The highest BCUT2D eigenvalue weighted by Gasteiger charge is 2.32. The van der Waals surface area contributed by atoms with Gasteiger partial charge in [0.05, 0.1) is 6.04 Å². The highest BCUT2D eigenvalue weighted by molar-refractivity contribution is 5.96. The number of Topliss-reactive ketones (excluding diaryl/α,β-unsaturated/α-hetero) is 1. The van der Waals surface area contributed by atoms with Crippen molar-refractivity contribution in [1.29, 1.82) is 0 Å². The summed E-state index contributed by atoms with van der Waals surface area (Å²) in [5.41, 5.74) is 9.00. The van der Waals surface area contributed by atoms with Crippen LogP contribution in [0.1, 0.15) is 75.5 Å². The Hall–Kier alpha value is -5.81. The predicted molar refractivity (Wildman–Crippen MR) is 225 cm³/mol. The maximum Gasteiger partial charge on any atom is 0.243 e. The van der Waals surface area contributed by atoms with Gasteiger partial charge in [-0.2, -0.15) is 0 Å². The van der Waals surface area contributed by atoms with Gasteiger partial charge in [0.2, 0.25) is 23.6 Å². The number of hydrogen-bond donors (Lipinski definition) is 6. The Labute approximate surface area is 334 Å². The fraction of sp³-hybridized carbons (Fsp3) is 0.370. The molecule has 7 N–H and O–H groups in total. The summed E-state index contributed by atoms with van der Waals surface area (Å²) in [6.45, 7) is 3.97. The molecule has 0 aliphatic rings. The molecule has 0 aliphatic carbocycles. The molecule has 0 aliphatic heterocycles. The monoisotopic (exact) mass is 772 g/mol. The number of carbonyl (C=O) groups excluding carboxylic acids is 5. The number of aromatic nitrogens is 1. The second-order valence-electron chi connectivity index (χ2n) is 14.8. The molecule has 1 heterocycles. The number of nitrogens with two attached hydrogens (primary N) is 1. The first-order valence-corrected chi connectivity index (χ1v) is 20.1. The number of rotatable bonds is 22. The molecule has 0 saturated carbocycles. The number of fused-ring (bicyclic) bond motifs is 2. The van der Waals surface area contributed by atoms with Crippen LogP contribution in [0, 0.1) is 0 Å². The van der Waals surface area contributed by atoms with E-state index in [1.165, 1.54) is 6.92 Å². The Kier molecular flexibility index (Phi) is 16.0. The molecule has 4 unspecified atom stereocenters. The van der Waals surface area contributed by atoms with Crippen LogP contribution in [-0.4, -0.2) is 65.1 Å². The lowest BCUT2D eigenvalue weighted by molar-refractivity contribution is -0.134. The molecule has 57 heavy (non-hydrogen) atoms. The van der Waals surface area contributed by atoms with Gasteiger partial charge in [-0.15, -0.1) is 0 Å². The zero-order valence-electron chi connectivity index (χ0n) is 33.0. The molecular weight excluding hydrogens is 717 g/mol. The number of amides is 4. The highest BCUT2D eigenvalue weighted by atomic mass is 16.2. The first-order valence-electron chi connectivity index (χ1n) is 20.1. The van der Waals surface area contributed by atoms with E-state index in [0.29, 0.717) is 32.2 Å². The van der Waals surface area contributed by atoms with Crippen molar-refractivity contribution < 1.29 is 24.0 Å². The van der Waals surface area contributed by atoms with Crippen molar-refractivity contribution >= 4 is 51.1 Å². The second-order valence-corrected chi connectivity index (χ2v) is 14.8. The van der Waals surface area contributed by atoms with E-state index in [-0.39, 0.29) is 37.4 Å². The SMILES string of the molecule is CCCCCC(=O)NC(Cc1ccc2ccccc2c1)C(=O)NC(Cc1c[nH]c2ccccc12)C(=O)NC(Cc1ccccc1)C(=O)NC(CCCCN)C(C)=O. The van der Waals surface area contributed by atoms with Crippen molar-refractivity contribution in [1.82, 2.24) is 26.3 Å². The maximum absolute atomic E-state index is 14.5. The smallest absolute Gasteiger partial charge is 0.243 e. The lowest BCUT2D eigenvalue weighted by atomic mass is 9.99. The summed E-state index contributed by atoms with van der Waals surface area (Å²) < 4.78 is 0. The average Bonchev–Trinajstić information content (AvgIpc) is 3.62. The molecule has 1 aromatic heterocycles. The van der Waals surface area contributed by atoms with Crippen molar-refractivity contribution in [3.8, 4) is 0 Å². The summed E-state index contributed by atoms with van der Waals surface area (Å²) in [4.78, 5) is 71.9. The summed E-state index contributed by atoms with van der Waals surface area (Å²) in [6, 6.07) is 26.9. The standard InChI is InChI=1S/C46H56N6O5/c1-3-4-6-22-43(54)49-40(28-33-23-24-34-17-9-10-18-35(34)26-33)44(55)52-42(29-36-30-48-39-21-12-11-19-37(36)39)46(57)51-41(27-32-15-7-5-8-16-32)45(56)50-38(31(2)53)20-13-14-25-47/h5,7-12,15-19,21,23-24,26,30,38,40-42,48H,3-4,6,13-14,20,22,25,27-29,47H2,1-2H3,(H,49,54)(H,50,56)(H,51,57)(H,52,55). The molecule has 4 atom stereocenters. The number of para-hydroxylation sites is 1. The largest absolute Gasteiger partial charge is 0.361 e. The summed E-state index contributed by atoms with van der Waals surface area (Å²) in [5, 5.41) is 14.7. The molecule has 0 bridgehead atoms. The van der Waals surface area contributed by atoms with Gasteiger partial charge in [0, 0.05) is 42.8 Å². The first kappa shape index (κ1) is 42.3. The lowest BCUT2D eigenvalue weighted by Crippen LogP contribution is -2.59. The van der Waals surface area contributed by atoms with Gasteiger partial charge in [0.15, 0.2) is 5.78 Å². The minimum absolute atomic E-state index is 0.101. The number of benzene rings is 4. The number of H-pyrrole nitrogens is 1. The minimum atomic E-state index is -1.13. The molecule has 5 aromatic rings. The number of carbonyl (C=O) groups is 5. The van der Waals surface area contributed by atoms with Crippen LogP contribution in [0.2, 0.25) is 0 Å². The van der Waals surface area contributed by atoms with Crippen LogP contribution in [0.5, 0.6) is 0 Å². The van der Waals surface area contributed by atoms with Gasteiger partial charge in [-0.05, 0) is 72.7 Å². The van der Waals surface area contributed by atoms with Crippen LogP contribution in [0.4, 0.5) is 0 Å². The predicted octanol–water partition coefficient (Wildman–Crippen LogP) is 5.59. The molecule has 4 aromatic carbocycles. The van der Waals surface area contributed by atoms with Gasteiger partial charge in [-0.1, -0.05) is 111 Å². The van der Waals surface area contributed by atoms with E-state index in [1.807, 2.05) is 103 Å². The topological polar surface area (TPSA) is 175 Å². The van der Waals surface area contributed by atoms with E-state index in [0.717, 1.165) is 51.2 Å². The summed E-state index contributed by atoms with van der Waals surface area (Å²) in [5.74, 6) is -2.04. The van der Waals surface area contributed by atoms with E-state index < -0.39 is 41.9 Å². The third kappa shape index (κ3) is 12.6. The normalized spacial score (nSPS) is 13.3. The van der Waals surface area contributed by atoms with Gasteiger partial charge in [0.1, 0.15) is 18.1 Å². The van der Waals surface area contributed by atoms with Crippen LogP contribution in [0.15, 0.2) is 103 Å². The van der Waals surface area contributed by atoms with E-state index in [9.17, 15) is 24.0 Å². The molecule has 0 saturated heterocycles. The third-order valence-electron chi connectivity index (χ3n) is 10.3. The van der Waals surface area contributed by atoms with E-state index >= 15 is 0 Å². The van der Waals surface area contributed by atoms with Gasteiger partial charge in [0.25, 0.3) is 0 Å². The Bertz CT molecular complexity index is 2110. The molecule has 0 fully saturated rings. The zero-order chi connectivity index (χ0) is 40.6. The van der Waals surface area contributed by atoms with Crippen molar-refractivity contribution in [3.05, 3.63) is 120 Å². The quantitative estimate of drug-likeness (QED) is 0.0501. The summed E-state index contributed by atoms with van der Waals surface area (Å²) in [6.07, 6.45) is 6.86. The molecule has 300 valence electrons. The van der Waals surface area contributed by atoms with Crippen molar-refractivity contribution in [3.63, 3.8) is 0 Å². The zero-order valence-corrected chi connectivity index (χ0v) is 33.0. The molecule has 11 nitrogen and oxygen atoms in total. The summed E-state index contributed by atoms with van der Waals surface area (Å²) >= 11 is 0.